The second-order valence-electron chi connectivity index (χ2n) is 7.01. The summed E-state index contributed by atoms with van der Waals surface area (Å²) in [5, 5.41) is 3.10. The van der Waals surface area contributed by atoms with Gasteiger partial charge in [-0.25, -0.2) is 0 Å². The molecule has 0 aliphatic carbocycles. The molecule has 0 spiro atoms. The van der Waals surface area contributed by atoms with Crippen LogP contribution in [0.2, 0.25) is 0 Å². The first-order valence-corrected chi connectivity index (χ1v) is 9.75. The van der Waals surface area contributed by atoms with Crippen molar-refractivity contribution in [3.05, 3.63) is 58.1 Å². The van der Waals surface area contributed by atoms with E-state index in [4.69, 9.17) is 9.47 Å². The highest BCUT2D eigenvalue weighted by atomic mass is 79.9. The Morgan fingerprint density at radius 2 is 2.07 bits per heavy atom. The van der Waals surface area contributed by atoms with E-state index in [1.807, 2.05) is 50.2 Å². The molecule has 2 aromatic carbocycles. The van der Waals surface area contributed by atoms with Gasteiger partial charge >= 0.3 is 0 Å². The smallest absolute Gasteiger partial charge is 0.244 e. The molecule has 6 heteroatoms. The first kappa shape index (κ1) is 19.9. The fourth-order valence-corrected chi connectivity index (χ4v) is 3.56. The van der Waals surface area contributed by atoms with E-state index in [0.717, 1.165) is 40.0 Å². The number of halogens is 1. The summed E-state index contributed by atoms with van der Waals surface area (Å²) in [6.45, 7) is 5.81. The number of hydrogen-bond donors (Lipinski definition) is 1. The molecule has 0 saturated carbocycles. The van der Waals surface area contributed by atoms with Gasteiger partial charge in [-0.2, -0.15) is 0 Å². The van der Waals surface area contributed by atoms with Crippen LogP contribution in [-0.4, -0.2) is 36.8 Å². The molecule has 0 bridgehead atoms. The highest BCUT2D eigenvalue weighted by Crippen LogP contribution is 2.34. The molecule has 0 radical (unpaired) electrons. The lowest BCUT2D eigenvalue weighted by Crippen LogP contribution is -2.63. The quantitative estimate of drug-likeness (QED) is 0.660. The number of carbonyl (C=O) groups excluding carboxylic acids is 1. The molecule has 144 valence electrons. The molecule has 3 rings (SSSR count). The molecule has 5 nitrogen and oxygen atoms in total. The topological polar surface area (TPSA) is 50.8 Å². The van der Waals surface area contributed by atoms with Crippen molar-refractivity contribution in [3.63, 3.8) is 0 Å². The van der Waals surface area contributed by atoms with E-state index in [1.54, 1.807) is 7.11 Å². The second kappa shape index (κ2) is 8.42. The molecule has 0 aromatic heterocycles. The second-order valence-corrected chi connectivity index (χ2v) is 7.86. The summed E-state index contributed by atoms with van der Waals surface area (Å²) in [5.41, 5.74) is 2.47. The molecular formula is C21H25BrN2O3. The number of ether oxygens (including phenoxy) is 2. The third kappa shape index (κ3) is 4.34. The highest BCUT2D eigenvalue weighted by Gasteiger charge is 2.46. The van der Waals surface area contributed by atoms with Crippen molar-refractivity contribution in [3.8, 4) is 5.75 Å². The van der Waals surface area contributed by atoms with Crippen molar-refractivity contribution in [2.45, 2.75) is 32.4 Å². The predicted octanol–water partition coefficient (Wildman–Crippen LogP) is 4.34. The molecule has 1 N–H and O–H groups in total. The van der Waals surface area contributed by atoms with Crippen LogP contribution < -0.4 is 10.1 Å². The number of likely N-dealkylation sites (tertiary alicyclic amines) is 1. The van der Waals surface area contributed by atoms with Gasteiger partial charge in [0.15, 0.2) is 6.79 Å². The summed E-state index contributed by atoms with van der Waals surface area (Å²) in [6.07, 6.45) is 0.839. The Hall–Kier alpha value is -1.89. The standard InChI is InChI=1S/C21H25BrN2O3/c1-15-18(22)8-5-9-19(15)23-20(25)21(2)10-11-24(21)13-16-6-4-7-17(12-16)27-14-26-3/h4-9,12H,10-11,13-14H2,1-3H3,(H,23,25). The Labute approximate surface area is 168 Å². The number of nitrogens with one attached hydrogen (secondary N) is 1. The molecule has 1 amide bonds. The van der Waals surface area contributed by atoms with Crippen LogP contribution in [0.3, 0.4) is 0 Å². The van der Waals surface area contributed by atoms with E-state index in [2.05, 4.69) is 32.2 Å². The molecule has 1 aliphatic heterocycles. The largest absolute Gasteiger partial charge is 0.468 e. The number of rotatable bonds is 7. The maximum absolute atomic E-state index is 13.0. The van der Waals surface area contributed by atoms with Gasteiger partial charge in [-0.1, -0.05) is 34.1 Å². The van der Waals surface area contributed by atoms with Gasteiger partial charge in [-0.3, -0.25) is 9.69 Å². The maximum atomic E-state index is 13.0. The molecule has 2 aromatic rings. The van der Waals surface area contributed by atoms with E-state index in [9.17, 15) is 4.79 Å². The van der Waals surface area contributed by atoms with Gasteiger partial charge in [0.05, 0.1) is 5.54 Å². The Morgan fingerprint density at radius 3 is 2.78 bits per heavy atom. The van der Waals surface area contributed by atoms with Crippen LogP contribution in [0, 0.1) is 6.92 Å². The van der Waals surface area contributed by atoms with E-state index in [1.165, 1.54) is 0 Å². The zero-order valence-corrected chi connectivity index (χ0v) is 17.5. The van der Waals surface area contributed by atoms with Gasteiger partial charge in [0.2, 0.25) is 5.91 Å². The third-order valence-electron chi connectivity index (χ3n) is 5.19. The Kier molecular flexibility index (Phi) is 6.19. The summed E-state index contributed by atoms with van der Waals surface area (Å²) in [6, 6.07) is 13.7. The Balaban J connectivity index is 1.68. The molecule has 1 saturated heterocycles. The number of methoxy groups -OCH3 is 1. The number of hydrogen-bond acceptors (Lipinski definition) is 4. The van der Waals surface area contributed by atoms with Gasteiger partial charge in [-0.15, -0.1) is 0 Å². The van der Waals surface area contributed by atoms with Gasteiger partial charge < -0.3 is 14.8 Å². The fourth-order valence-electron chi connectivity index (χ4n) is 3.20. The Morgan fingerprint density at radius 1 is 1.30 bits per heavy atom. The third-order valence-corrected chi connectivity index (χ3v) is 6.05. The Bertz CT molecular complexity index is 827. The average molecular weight is 433 g/mol. The average Bonchev–Trinajstić information content (AvgIpc) is 2.66. The van der Waals surface area contributed by atoms with Crippen molar-refractivity contribution in [1.82, 2.24) is 4.90 Å². The minimum Gasteiger partial charge on any atom is -0.468 e. The lowest BCUT2D eigenvalue weighted by Gasteiger charge is -2.49. The molecule has 1 unspecified atom stereocenters. The normalized spacial score (nSPS) is 19.4. The fraction of sp³-hybridized carbons (Fsp3) is 0.381. The number of nitrogens with zero attached hydrogens (tertiary/aromatic N) is 1. The summed E-state index contributed by atoms with van der Waals surface area (Å²) >= 11 is 3.52. The lowest BCUT2D eigenvalue weighted by molar-refractivity contribution is -0.136. The van der Waals surface area contributed by atoms with Crippen LogP contribution in [-0.2, 0) is 16.1 Å². The molecule has 27 heavy (non-hydrogen) atoms. The van der Waals surface area contributed by atoms with Gasteiger partial charge in [0.1, 0.15) is 5.75 Å². The summed E-state index contributed by atoms with van der Waals surface area (Å²) in [7, 11) is 1.60. The number of carbonyl (C=O) groups is 1. The van der Waals surface area contributed by atoms with Gasteiger partial charge in [0.25, 0.3) is 0 Å². The zero-order chi connectivity index (χ0) is 19.4. The number of amides is 1. The summed E-state index contributed by atoms with van der Waals surface area (Å²) in [4.78, 5) is 15.2. The molecule has 1 heterocycles. The van der Waals surface area contributed by atoms with Crippen molar-refractivity contribution in [2.24, 2.45) is 0 Å². The first-order valence-electron chi connectivity index (χ1n) is 8.96. The van der Waals surface area contributed by atoms with Crippen molar-refractivity contribution < 1.29 is 14.3 Å². The molecule has 1 atom stereocenters. The van der Waals surface area contributed by atoms with Crippen molar-refractivity contribution >= 4 is 27.5 Å². The maximum Gasteiger partial charge on any atom is 0.244 e. The lowest BCUT2D eigenvalue weighted by atomic mass is 9.85. The zero-order valence-electron chi connectivity index (χ0n) is 15.9. The van der Waals surface area contributed by atoms with E-state index < -0.39 is 5.54 Å². The molecule has 1 aliphatic rings. The van der Waals surface area contributed by atoms with Crippen LogP contribution in [0.5, 0.6) is 5.75 Å². The number of benzene rings is 2. The number of anilines is 1. The van der Waals surface area contributed by atoms with E-state index in [-0.39, 0.29) is 12.7 Å². The monoisotopic (exact) mass is 432 g/mol. The summed E-state index contributed by atoms with van der Waals surface area (Å²) in [5.74, 6) is 0.799. The predicted molar refractivity (Wildman–Crippen MR) is 110 cm³/mol. The minimum absolute atomic E-state index is 0.0294. The van der Waals surface area contributed by atoms with Crippen LogP contribution in [0.15, 0.2) is 46.9 Å². The van der Waals surface area contributed by atoms with Gasteiger partial charge in [0, 0.05) is 30.4 Å². The SMILES string of the molecule is COCOc1cccc(CN2CCC2(C)C(=O)Nc2cccc(Br)c2C)c1. The van der Waals surface area contributed by atoms with E-state index >= 15 is 0 Å². The highest BCUT2D eigenvalue weighted by molar-refractivity contribution is 9.10. The molecular weight excluding hydrogens is 408 g/mol. The van der Waals surface area contributed by atoms with Crippen LogP contribution in [0.1, 0.15) is 24.5 Å². The first-order chi connectivity index (χ1) is 12.9. The van der Waals surface area contributed by atoms with Gasteiger partial charge in [-0.05, 0) is 55.7 Å². The molecule has 1 fully saturated rings. The van der Waals surface area contributed by atoms with Crippen LogP contribution in [0.4, 0.5) is 5.69 Å². The summed E-state index contributed by atoms with van der Waals surface area (Å²) < 4.78 is 11.4. The van der Waals surface area contributed by atoms with Crippen molar-refractivity contribution in [2.75, 3.05) is 25.8 Å². The van der Waals surface area contributed by atoms with Crippen LogP contribution in [0.25, 0.3) is 0 Å². The van der Waals surface area contributed by atoms with Crippen molar-refractivity contribution in [1.29, 1.82) is 0 Å². The van der Waals surface area contributed by atoms with Crippen LogP contribution >= 0.6 is 15.9 Å². The van der Waals surface area contributed by atoms with E-state index in [0.29, 0.717) is 6.54 Å². The minimum atomic E-state index is -0.516.